The van der Waals surface area contributed by atoms with E-state index >= 15 is 0 Å². The van der Waals surface area contributed by atoms with E-state index in [-0.39, 0.29) is 17.9 Å². The Balaban J connectivity index is 1.97. The van der Waals surface area contributed by atoms with Gasteiger partial charge < -0.3 is 10.0 Å². The molecule has 1 aliphatic carbocycles. The van der Waals surface area contributed by atoms with Crippen LogP contribution in [0.2, 0.25) is 0 Å². The number of rotatable bonds is 4. The lowest BCUT2D eigenvalue weighted by atomic mass is 9.90. The number of nitrogens with zero attached hydrogens (tertiary/aromatic N) is 2. The van der Waals surface area contributed by atoms with E-state index in [2.05, 4.69) is 0 Å². The quantitative estimate of drug-likeness (QED) is 0.914. The van der Waals surface area contributed by atoms with Crippen molar-refractivity contribution < 1.29 is 14.7 Å². The highest BCUT2D eigenvalue weighted by Gasteiger charge is 2.48. The van der Waals surface area contributed by atoms with Gasteiger partial charge in [0, 0.05) is 31.2 Å². The fraction of sp³-hybridized carbons (Fsp3) is 0.467. The minimum Gasteiger partial charge on any atom is -0.481 e. The molecule has 1 saturated heterocycles. The van der Waals surface area contributed by atoms with Crippen LogP contribution in [0.4, 0.5) is 10.5 Å². The van der Waals surface area contributed by atoms with Gasteiger partial charge in [-0.1, -0.05) is 18.2 Å². The smallest absolute Gasteiger partial charge is 0.324 e. The fourth-order valence-electron chi connectivity index (χ4n) is 3.01. The summed E-state index contributed by atoms with van der Waals surface area (Å²) in [5.74, 6) is -0.776. The SMILES string of the molecule is CN1CCN(c2ccccc2C2(CC(=O)O)CC2)C1=O. The Morgan fingerprint density at radius 3 is 2.55 bits per heavy atom. The largest absolute Gasteiger partial charge is 0.481 e. The molecule has 1 aromatic carbocycles. The Morgan fingerprint density at radius 2 is 2.00 bits per heavy atom. The molecule has 1 aliphatic heterocycles. The second-order valence-corrected chi connectivity index (χ2v) is 5.72. The molecule has 20 heavy (non-hydrogen) atoms. The molecule has 1 N–H and O–H groups in total. The van der Waals surface area contributed by atoms with Crippen molar-refractivity contribution >= 4 is 17.7 Å². The summed E-state index contributed by atoms with van der Waals surface area (Å²) in [6, 6.07) is 7.71. The molecular formula is C15H18N2O3. The Hall–Kier alpha value is -2.04. The van der Waals surface area contributed by atoms with Crippen molar-refractivity contribution in [2.24, 2.45) is 0 Å². The Kier molecular flexibility index (Phi) is 2.92. The Labute approximate surface area is 117 Å². The van der Waals surface area contributed by atoms with Crippen molar-refractivity contribution in [2.75, 3.05) is 25.0 Å². The third-order valence-corrected chi connectivity index (χ3v) is 4.33. The van der Waals surface area contributed by atoms with E-state index in [0.717, 1.165) is 24.1 Å². The minimum atomic E-state index is -0.776. The van der Waals surface area contributed by atoms with Crippen molar-refractivity contribution in [1.82, 2.24) is 4.90 Å². The molecular weight excluding hydrogens is 256 g/mol. The molecule has 3 rings (SSSR count). The number of para-hydroxylation sites is 1. The van der Waals surface area contributed by atoms with Crippen molar-refractivity contribution in [2.45, 2.75) is 24.7 Å². The number of amides is 2. The first kappa shape index (κ1) is 13.0. The molecule has 2 aliphatic rings. The highest BCUT2D eigenvalue weighted by Crippen LogP contribution is 2.54. The monoisotopic (exact) mass is 274 g/mol. The zero-order valence-corrected chi connectivity index (χ0v) is 11.5. The third kappa shape index (κ3) is 2.03. The lowest BCUT2D eigenvalue weighted by molar-refractivity contribution is -0.137. The van der Waals surface area contributed by atoms with Gasteiger partial charge in [-0.15, -0.1) is 0 Å². The maximum atomic E-state index is 12.2. The number of carbonyl (C=O) groups excluding carboxylic acids is 1. The van der Waals surface area contributed by atoms with Crippen molar-refractivity contribution in [3.63, 3.8) is 0 Å². The number of aliphatic carboxylic acids is 1. The van der Waals surface area contributed by atoms with E-state index < -0.39 is 5.97 Å². The van der Waals surface area contributed by atoms with Crippen molar-refractivity contribution in [3.8, 4) is 0 Å². The lowest BCUT2D eigenvalue weighted by Crippen LogP contribution is -2.31. The van der Waals surface area contributed by atoms with Gasteiger partial charge in [0.15, 0.2) is 0 Å². The molecule has 2 fully saturated rings. The number of anilines is 1. The number of carbonyl (C=O) groups is 2. The van der Waals surface area contributed by atoms with Crippen LogP contribution in [0, 0.1) is 0 Å². The molecule has 5 nitrogen and oxygen atoms in total. The molecule has 1 heterocycles. The standard InChI is InChI=1S/C15H18N2O3/c1-16-8-9-17(14(16)20)12-5-3-2-4-11(12)15(6-7-15)10-13(18)19/h2-5H,6-10H2,1H3,(H,18,19). The molecule has 5 heteroatoms. The molecule has 0 bridgehead atoms. The molecule has 0 radical (unpaired) electrons. The molecule has 1 saturated carbocycles. The van der Waals surface area contributed by atoms with Gasteiger partial charge in [0.25, 0.3) is 0 Å². The maximum absolute atomic E-state index is 12.2. The van der Waals surface area contributed by atoms with E-state index in [9.17, 15) is 9.59 Å². The second kappa shape index (κ2) is 4.51. The lowest BCUT2D eigenvalue weighted by Gasteiger charge is -2.24. The van der Waals surface area contributed by atoms with E-state index in [0.29, 0.717) is 13.1 Å². The summed E-state index contributed by atoms with van der Waals surface area (Å²) in [5.41, 5.74) is 1.61. The van der Waals surface area contributed by atoms with Crippen LogP contribution >= 0.6 is 0 Å². The number of urea groups is 1. The Bertz CT molecular complexity index is 566. The van der Waals surface area contributed by atoms with Crippen LogP contribution in [0.1, 0.15) is 24.8 Å². The van der Waals surface area contributed by atoms with Crippen LogP contribution in [0.5, 0.6) is 0 Å². The number of likely N-dealkylation sites (N-methyl/N-ethyl adjacent to an activating group) is 1. The minimum absolute atomic E-state index is 0.0106. The van der Waals surface area contributed by atoms with E-state index in [1.807, 2.05) is 24.3 Å². The number of carboxylic acids is 1. The van der Waals surface area contributed by atoms with Gasteiger partial charge in [0.05, 0.1) is 6.42 Å². The number of carboxylic acid groups (broad SMARTS) is 1. The van der Waals surface area contributed by atoms with Gasteiger partial charge in [-0.05, 0) is 24.5 Å². The van der Waals surface area contributed by atoms with Gasteiger partial charge in [0.2, 0.25) is 0 Å². The number of hydrogen-bond donors (Lipinski definition) is 1. The zero-order chi connectivity index (χ0) is 14.3. The molecule has 1 aromatic rings. The maximum Gasteiger partial charge on any atom is 0.324 e. The summed E-state index contributed by atoms with van der Waals surface area (Å²) in [7, 11) is 1.79. The summed E-state index contributed by atoms with van der Waals surface area (Å²) < 4.78 is 0. The number of benzene rings is 1. The van der Waals surface area contributed by atoms with E-state index in [1.54, 1.807) is 16.8 Å². The summed E-state index contributed by atoms with van der Waals surface area (Å²) >= 11 is 0. The van der Waals surface area contributed by atoms with Gasteiger partial charge in [-0.2, -0.15) is 0 Å². The Morgan fingerprint density at radius 1 is 1.30 bits per heavy atom. The summed E-state index contributed by atoms with van der Waals surface area (Å²) in [6.07, 6.45) is 1.91. The van der Waals surface area contributed by atoms with Gasteiger partial charge >= 0.3 is 12.0 Å². The predicted octanol–water partition coefficient (Wildman–Crippen LogP) is 2.06. The third-order valence-electron chi connectivity index (χ3n) is 4.33. The normalized spacial score (nSPS) is 20.4. The highest BCUT2D eigenvalue weighted by molar-refractivity contribution is 5.95. The van der Waals surface area contributed by atoms with Crippen LogP contribution in [0.25, 0.3) is 0 Å². The van der Waals surface area contributed by atoms with Crippen LogP contribution in [0.15, 0.2) is 24.3 Å². The van der Waals surface area contributed by atoms with Crippen LogP contribution in [0.3, 0.4) is 0 Å². The topological polar surface area (TPSA) is 60.9 Å². The van der Waals surface area contributed by atoms with Gasteiger partial charge in [-0.25, -0.2) is 4.79 Å². The summed E-state index contributed by atoms with van der Waals surface area (Å²) in [5, 5.41) is 9.11. The predicted molar refractivity (Wildman–Crippen MR) is 75.0 cm³/mol. The molecule has 0 unspecified atom stereocenters. The van der Waals surface area contributed by atoms with Crippen LogP contribution in [-0.4, -0.2) is 42.1 Å². The van der Waals surface area contributed by atoms with Crippen molar-refractivity contribution in [3.05, 3.63) is 29.8 Å². The molecule has 0 spiro atoms. The van der Waals surface area contributed by atoms with Gasteiger partial charge in [-0.3, -0.25) is 9.69 Å². The van der Waals surface area contributed by atoms with Crippen LogP contribution < -0.4 is 4.90 Å². The van der Waals surface area contributed by atoms with E-state index in [1.165, 1.54) is 0 Å². The zero-order valence-electron chi connectivity index (χ0n) is 11.5. The second-order valence-electron chi connectivity index (χ2n) is 5.72. The average Bonchev–Trinajstić information content (AvgIpc) is 3.11. The first-order valence-electron chi connectivity index (χ1n) is 6.87. The first-order chi connectivity index (χ1) is 9.53. The van der Waals surface area contributed by atoms with E-state index in [4.69, 9.17) is 5.11 Å². The summed E-state index contributed by atoms with van der Waals surface area (Å²) in [4.78, 5) is 26.7. The van der Waals surface area contributed by atoms with Gasteiger partial charge in [0.1, 0.15) is 0 Å². The fourth-order valence-corrected chi connectivity index (χ4v) is 3.01. The molecule has 0 atom stereocenters. The molecule has 106 valence electrons. The van der Waals surface area contributed by atoms with Crippen LogP contribution in [-0.2, 0) is 10.2 Å². The number of hydrogen-bond acceptors (Lipinski definition) is 2. The first-order valence-corrected chi connectivity index (χ1v) is 6.87. The molecule has 2 amide bonds. The molecule has 0 aromatic heterocycles. The van der Waals surface area contributed by atoms with Crippen molar-refractivity contribution in [1.29, 1.82) is 0 Å². The average molecular weight is 274 g/mol. The summed E-state index contributed by atoms with van der Waals surface area (Å²) in [6.45, 7) is 1.37. The highest BCUT2D eigenvalue weighted by atomic mass is 16.4.